The summed E-state index contributed by atoms with van der Waals surface area (Å²) in [4.78, 5) is 10.3. The summed E-state index contributed by atoms with van der Waals surface area (Å²) < 4.78 is 4.77. The van der Waals surface area contributed by atoms with Crippen molar-refractivity contribution in [3.05, 3.63) is 29.8 Å². The number of nitrogens with one attached hydrogen (secondary N) is 3. The molecule has 1 saturated heterocycles. The average Bonchev–Trinajstić information content (AvgIpc) is 2.55. The molecule has 1 atom stereocenters. The van der Waals surface area contributed by atoms with Crippen LogP contribution >= 0.6 is 0 Å². The zero-order chi connectivity index (χ0) is 20.0. The molecule has 0 spiro atoms. The Kier molecular flexibility index (Phi) is 13.5. The Hall–Kier alpha value is -1.04. The van der Waals surface area contributed by atoms with Crippen LogP contribution in [-0.2, 0) is 4.74 Å². The number of ether oxygens (including phenoxy) is 1. The number of nitriles is 1. The predicted octanol–water partition coefficient (Wildman–Crippen LogP) is 1.54. The molecule has 1 aromatic rings. The van der Waals surface area contributed by atoms with Crippen molar-refractivity contribution in [3.8, 4) is 5.97 Å². The molecule has 0 bridgehead atoms. The molecule has 0 aromatic heterocycles. The SMILES string of the molecule is BC#N.CC(C)(C)O[C](=O)[Na].CCNc1ccccc1C1CNCCN1. The quantitative estimate of drug-likeness (QED) is 0.702. The Labute approximate surface area is 176 Å². The van der Waals surface area contributed by atoms with Gasteiger partial charge < -0.3 is 16.0 Å². The van der Waals surface area contributed by atoms with Crippen molar-refractivity contribution in [1.29, 1.82) is 5.26 Å². The predicted molar refractivity (Wildman–Crippen MR) is 110 cm³/mol. The van der Waals surface area contributed by atoms with E-state index in [1.54, 1.807) is 5.97 Å². The second-order valence-corrected chi connectivity index (χ2v) is 7.57. The van der Waals surface area contributed by atoms with Crippen LogP contribution in [0.4, 0.5) is 10.5 Å². The maximum Gasteiger partial charge on any atom is 0.0467 e. The Balaban J connectivity index is 0.000000483. The minimum atomic E-state index is -0.293. The third kappa shape index (κ3) is 12.3. The van der Waals surface area contributed by atoms with Crippen LogP contribution in [0.5, 0.6) is 0 Å². The summed E-state index contributed by atoms with van der Waals surface area (Å²) in [6.07, 6.45) is 0. The van der Waals surface area contributed by atoms with Crippen LogP contribution in [0.15, 0.2) is 24.3 Å². The van der Waals surface area contributed by atoms with Crippen LogP contribution in [0.25, 0.3) is 0 Å². The number of nitrogens with zero attached hydrogens (tertiary/aromatic N) is 1. The molecule has 138 valence electrons. The van der Waals surface area contributed by atoms with E-state index >= 15 is 0 Å². The van der Waals surface area contributed by atoms with Crippen molar-refractivity contribution >= 4 is 44.7 Å². The van der Waals surface area contributed by atoms with Gasteiger partial charge >= 0.3 is 67.1 Å². The molecule has 1 unspecified atom stereocenters. The van der Waals surface area contributed by atoms with E-state index in [2.05, 4.69) is 47.1 Å². The molecule has 26 heavy (non-hydrogen) atoms. The van der Waals surface area contributed by atoms with Gasteiger partial charge in [-0.25, -0.2) is 5.26 Å². The molecule has 1 aliphatic rings. The normalized spacial score (nSPS) is 16.0. The van der Waals surface area contributed by atoms with Gasteiger partial charge in [0.2, 0.25) is 7.85 Å². The summed E-state index contributed by atoms with van der Waals surface area (Å²) in [5.74, 6) is 1.75. The number of anilines is 1. The molecule has 0 amide bonds. The van der Waals surface area contributed by atoms with E-state index in [1.165, 1.54) is 19.1 Å². The van der Waals surface area contributed by atoms with E-state index in [1.807, 2.05) is 20.8 Å². The van der Waals surface area contributed by atoms with Crippen molar-refractivity contribution in [1.82, 2.24) is 10.6 Å². The van der Waals surface area contributed by atoms with Crippen LogP contribution in [0.2, 0.25) is 0 Å². The molecule has 8 heteroatoms. The van der Waals surface area contributed by atoms with Crippen molar-refractivity contribution in [2.24, 2.45) is 0 Å². The number of para-hydroxylation sites is 1. The summed E-state index contributed by atoms with van der Waals surface area (Å²) in [7, 11) is 1.43. The number of hydrogen-bond donors (Lipinski definition) is 3. The molecule has 0 radical (unpaired) electrons. The van der Waals surface area contributed by atoms with Gasteiger partial charge in [0.25, 0.3) is 0 Å². The number of carbonyl (C=O) groups excluding carboxylic acids is 1. The zero-order valence-electron chi connectivity index (χ0n) is 17.0. The van der Waals surface area contributed by atoms with Gasteiger partial charge in [-0.2, -0.15) is 0 Å². The second kappa shape index (κ2) is 14.1. The summed E-state index contributed by atoms with van der Waals surface area (Å²) in [6, 6.07) is 8.97. The maximum absolute atomic E-state index is 10.3. The van der Waals surface area contributed by atoms with Crippen molar-refractivity contribution in [3.63, 3.8) is 0 Å². The molecule has 1 aliphatic heterocycles. The minimum Gasteiger partial charge on any atom is -0.385 e. The molecule has 1 aromatic carbocycles. The first kappa shape index (κ1) is 25.0. The fourth-order valence-electron chi connectivity index (χ4n) is 2.46. The topological polar surface area (TPSA) is 86.2 Å². The fraction of sp³-hybridized carbons (Fsp3) is 0.556. The first-order chi connectivity index (χ1) is 12.2. The van der Waals surface area contributed by atoms with Gasteiger partial charge in [0.05, 0.1) is 0 Å². The molecule has 1 heterocycles. The fourth-order valence-corrected chi connectivity index (χ4v) is 3.07. The second-order valence-electron chi connectivity index (χ2n) is 6.76. The van der Waals surface area contributed by atoms with E-state index in [0.717, 1.165) is 26.2 Å². The molecular weight excluding hydrogens is 338 g/mol. The summed E-state index contributed by atoms with van der Waals surface area (Å²) in [5, 5.41) is 17.7. The number of piperazine rings is 1. The van der Waals surface area contributed by atoms with Crippen LogP contribution in [0.3, 0.4) is 0 Å². The van der Waals surface area contributed by atoms with E-state index in [-0.39, 0.29) is 8.82 Å². The standard InChI is InChI=1S/C12H19N3.C5H9O2.CH2BN.Na/c1-2-14-11-6-4-3-5-10(11)12-9-13-7-8-15-12;1-5(2,3)7-4-6;2-1-3;/h3-6,12-15H,2,7-9H2,1H3;1-3H3;2H2;. The van der Waals surface area contributed by atoms with Gasteiger partial charge in [-0.05, 0) is 24.5 Å². The Morgan fingerprint density at radius 1 is 1.42 bits per heavy atom. The minimum absolute atomic E-state index is 0.0856. The number of carbonyl (C=O) groups is 1. The van der Waals surface area contributed by atoms with Gasteiger partial charge in [-0.3, -0.25) is 0 Å². The number of rotatable bonds is 3. The molecule has 0 saturated carbocycles. The Bertz CT molecular complexity index is 567. The first-order valence-corrected chi connectivity index (χ1v) is 10.0. The molecule has 1 fully saturated rings. The summed E-state index contributed by atoms with van der Waals surface area (Å²) in [5.41, 5.74) is 2.33. The summed E-state index contributed by atoms with van der Waals surface area (Å²) >= 11 is 0.489. The van der Waals surface area contributed by atoms with Crippen molar-refractivity contribution < 1.29 is 9.53 Å². The van der Waals surface area contributed by atoms with Crippen LogP contribution in [0, 0.1) is 11.2 Å². The Morgan fingerprint density at radius 2 is 2.04 bits per heavy atom. The van der Waals surface area contributed by atoms with Gasteiger partial charge in [0.15, 0.2) is 0 Å². The first-order valence-electron chi connectivity index (χ1n) is 9.02. The van der Waals surface area contributed by atoms with Crippen molar-refractivity contribution in [2.75, 3.05) is 31.5 Å². The molecule has 0 aliphatic carbocycles. The average molecular weight is 368 g/mol. The Morgan fingerprint density at radius 3 is 2.46 bits per heavy atom. The maximum atomic E-state index is 10.3. The third-order valence-electron chi connectivity index (χ3n) is 3.19. The third-order valence-corrected chi connectivity index (χ3v) is 3.40. The largest absolute Gasteiger partial charge is 0.385 e. The smallest absolute Gasteiger partial charge is 0.0467 e. The van der Waals surface area contributed by atoms with Crippen molar-refractivity contribution in [2.45, 2.75) is 39.3 Å². The van der Waals surface area contributed by atoms with E-state index in [9.17, 15) is 4.79 Å². The van der Waals surface area contributed by atoms with E-state index in [4.69, 9.17) is 10.00 Å². The molecule has 2 rings (SSSR count). The molecular formula is C18H30BN4NaO2. The van der Waals surface area contributed by atoms with E-state index < -0.39 is 0 Å². The number of hydrogen-bond acceptors (Lipinski definition) is 6. The summed E-state index contributed by atoms with van der Waals surface area (Å²) in [6.45, 7) is 11.8. The number of benzene rings is 1. The van der Waals surface area contributed by atoms with Crippen LogP contribution < -0.4 is 16.0 Å². The van der Waals surface area contributed by atoms with Crippen LogP contribution in [-0.4, -0.2) is 70.8 Å². The molecule has 3 N–H and O–H groups in total. The monoisotopic (exact) mass is 368 g/mol. The molecule has 6 nitrogen and oxygen atoms in total. The van der Waals surface area contributed by atoms with Gasteiger partial charge in [0.1, 0.15) is 0 Å². The van der Waals surface area contributed by atoms with Crippen LogP contribution in [0.1, 0.15) is 39.3 Å². The van der Waals surface area contributed by atoms with E-state index in [0.29, 0.717) is 34.0 Å². The van der Waals surface area contributed by atoms with Gasteiger partial charge in [0, 0.05) is 37.9 Å². The zero-order valence-corrected chi connectivity index (χ0v) is 19.0. The van der Waals surface area contributed by atoms with Gasteiger partial charge in [-0.1, -0.05) is 18.2 Å². The van der Waals surface area contributed by atoms with Gasteiger partial charge in [-0.15, -0.1) is 0 Å².